The van der Waals surface area contributed by atoms with Crippen molar-refractivity contribution in [2.45, 2.75) is 64.3 Å². The zero-order chi connectivity index (χ0) is 43.2. The molecule has 0 radical (unpaired) electrons. The van der Waals surface area contributed by atoms with Crippen LogP contribution in [0.15, 0.2) is 83.6 Å². The van der Waals surface area contributed by atoms with Crippen molar-refractivity contribution in [3.63, 3.8) is 0 Å². The Bertz CT molecular complexity index is 2650. The summed E-state index contributed by atoms with van der Waals surface area (Å²) in [4.78, 5) is 63.2. The second-order valence-corrected chi connectivity index (χ2v) is 18.4. The number of aromatic amines is 1. The lowest BCUT2D eigenvalue weighted by Crippen LogP contribution is -2.49. The molecule has 1 atom stereocenters. The summed E-state index contributed by atoms with van der Waals surface area (Å²) in [5.74, 6) is 0.625. The number of amides is 4. The number of hydrogen-bond acceptors (Lipinski definition) is 11. The van der Waals surface area contributed by atoms with Crippen molar-refractivity contribution in [3.8, 4) is 22.5 Å². The standard InChI is InChI=1S/C48H53N11O4/c1-48(2,3)46-54-44(55-63-46)45(61)52-39-15-7-32-26-33(6-14-37(32)39)42-38-27-40(51-43(38)50-29-49-42)31-4-8-34(9-5-31)58-24-22-56(23-25-58)28-30-16-19-57(20-17-30)35-10-12-36(13-11-35)59-21-18-41(60)53-47(59)62/h4-6,8-14,26-27,29-30,39H,7,15-25,28H2,1-3H3,(H,52,61)(H,49,50,51)(H,53,60,62). The Balaban J connectivity index is 0.719. The van der Waals surface area contributed by atoms with Gasteiger partial charge in [0.1, 0.15) is 12.0 Å². The fraction of sp³-hybridized carbons (Fsp3) is 0.396. The van der Waals surface area contributed by atoms with Crippen LogP contribution in [0.5, 0.6) is 0 Å². The monoisotopic (exact) mass is 847 g/mol. The number of piperazine rings is 1. The average molecular weight is 848 g/mol. The highest BCUT2D eigenvalue weighted by atomic mass is 16.5. The van der Waals surface area contributed by atoms with Crippen LogP contribution >= 0.6 is 0 Å². The van der Waals surface area contributed by atoms with Crippen molar-refractivity contribution in [1.82, 2.24) is 40.6 Å². The summed E-state index contributed by atoms with van der Waals surface area (Å²) in [5.41, 5.74) is 9.96. The lowest BCUT2D eigenvalue weighted by atomic mass is 9.95. The lowest BCUT2D eigenvalue weighted by Gasteiger charge is -2.40. The molecule has 0 saturated carbocycles. The average Bonchev–Trinajstić information content (AvgIpc) is 4.07. The Morgan fingerprint density at radius 3 is 2.21 bits per heavy atom. The topological polar surface area (TPSA) is 169 Å². The van der Waals surface area contributed by atoms with E-state index in [0.717, 1.165) is 103 Å². The van der Waals surface area contributed by atoms with E-state index >= 15 is 0 Å². The number of rotatable bonds is 9. The number of nitrogens with one attached hydrogen (secondary N) is 3. The van der Waals surface area contributed by atoms with Gasteiger partial charge in [-0.15, -0.1) is 0 Å². The first-order valence-corrected chi connectivity index (χ1v) is 22.2. The van der Waals surface area contributed by atoms with Crippen LogP contribution in [0.2, 0.25) is 0 Å². The minimum absolute atomic E-state index is 0.0554. The van der Waals surface area contributed by atoms with Crippen LogP contribution < -0.4 is 25.3 Å². The van der Waals surface area contributed by atoms with E-state index in [1.54, 1.807) is 11.2 Å². The van der Waals surface area contributed by atoms with E-state index in [9.17, 15) is 14.4 Å². The molecule has 3 N–H and O–H groups in total. The van der Waals surface area contributed by atoms with Crippen molar-refractivity contribution in [3.05, 3.63) is 102 Å². The summed E-state index contributed by atoms with van der Waals surface area (Å²) in [6, 6.07) is 25.0. The number of imide groups is 1. The Hall–Kier alpha value is -6.61. The summed E-state index contributed by atoms with van der Waals surface area (Å²) < 4.78 is 5.34. The Kier molecular flexibility index (Phi) is 10.7. The second-order valence-electron chi connectivity index (χ2n) is 18.4. The van der Waals surface area contributed by atoms with E-state index in [2.05, 4.69) is 106 Å². The van der Waals surface area contributed by atoms with Gasteiger partial charge in [0.2, 0.25) is 11.8 Å². The van der Waals surface area contributed by atoms with Crippen LogP contribution in [-0.4, -0.2) is 100 Å². The van der Waals surface area contributed by atoms with E-state index in [-0.39, 0.29) is 35.1 Å². The number of carbonyl (C=O) groups is 3. The van der Waals surface area contributed by atoms with Crippen LogP contribution in [0.3, 0.4) is 0 Å². The predicted octanol–water partition coefficient (Wildman–Crippen LogP) is 6.87. The molecular weight excluding hydrogens is 795 g/mol. The van der Waals surface area contributed by atoms with Gasteiger partial charge >= 0.3 is 6.03 Å². The molecule has 63 heavy (non-hydrogen) atoms. The quantitative estimate of drug-likeness (QED) is 0.139. The number of nitrogens with zero attached hydrogens (tertiary/aromatic N) is 8. The van der Waals surface area contributed by atoms with E-state index in [1.807, 2.05) is 32.9 Å². The molecular formula is C48H53N11O4. The molecule has 3 fully saturated rings. The first kappa shape index (κ1) is 40.5. The third kappa shape index (κ3) is 8.36. The third-order valence-electron chi connectivity index (χ3n) is 13.1. The smallest absolute Gasteiger partial charge is 0.328 e. The summed E-state index contributed by atoms with van der Waals surface area (Å²) in [5, 5.41) is 10.4. The molecule has 3 aromatic heterocycles. The van der Waals surface area contributed by atoms with E-state index in [0.29, 0.717) is 24.8 Å². The van der Waals surface area contributed by atoms with Crippen molar-refractivity contribution in [2.75, 3.05) is 67.1 Å². The molecule has 3 saturated heterocycles. The molecule has 6 aromatic rings. The number of aryl methyl sites for hydroxylation is 1. The zero-order valence-electron chi connectivity index (χ0n) is 36.1. The summed E-state index contributed by atoms with van der Waals surface area (Å²) in [6.07, 6.45) is 5.91. The van der Waals surface area contributed by atoms with Gasteiger partial charge in [-0.2, -0.15) is 4.98 Å². The summed E-state index contributed by atoms with van der Waals surface area (Å²) in [7, 11) is 0. The first-order valence-electron chi connectivity index (χ1n) is 22.2. The molecule has 0 bridgehead atoms. The number of piperidine rings is 1. The molecule has 324 valence electrons. The lowest BCUT2D eigenvalue weighted by molar-refractivity contribution is -0.120. The third-order valence-corrected chi connectivity index (χ3v) is 13.1. The Labute approximate surface area is 366 Å². The van der Waals surface area contributed by atoms with Crippen LogP contribution in [0, 0.1) is 5.92 Å². The second kappa shape index (κ2) is 16.6. The number of aromatic nitrogens is 5. The van der Waals surface area contributed by atoms with Gasteiger partial charge in [-0.3, -0.25) is 24.7 Å². The molecule has 15 nitrogen and oxygen atoms in total. The number of benzene rings is 3. The van der Waals surface area contributed by atoms with Crippen LogP contribution in [-0.2, 0) is 16.6 Å². The molecule has 3 aliphatic heterocycles. The van der Waals surface area contributed by atoms with Gasteiger partial charge in [0.15, 0.2) is 0 Å². The van der Waals surface area contributed by atoms with Crippen LogP contribution in [0.25, 0.3) is 33.5 Å². The predicted molar refractivity (Wildman–Crippen MR) is 242 cm³/mol. The van der Waals surface area contributed by atoms with Crippen LogP contribution in [0.1, 0.15) is 80.1 Å². The van der Waals surface area contributed by atoms with Crippen molar-refractivity contribution in [1.29, 1.82) is 0 Å². The number of anilines is 3. The molecule has 1 aliphatic carbocycles. The number of carbonyl (C=O) groups excluding carboxylic acids is 3. The molecule has 0 spiro atoms. The van der Waals surface area contributed by atoms with Gasteiger partial charge in [-0.05, 0) is 96.8 Å². The Morgan fingerprint density at radius 1 is 0.794 bits per heavy atom. The minimum atomic E-state index is -0.348. The van der Waals surface area contributed by atoms with E-state index in [4.69, 9.17) is 9.51 Å². The van der Waals surface area contributed by atoms with Crippen molar-refractivity contribution in [2.24, 2.45) is 5.92 Å². The largest absolute Gasteiger partial charge is 0.372 e. The van der Waals surface area contributed by atoms with Gasteiger partial charge in [0, 0.05) is 97.9 Å². The SMILES string of the molecule is CC(C)(C)c1nc(C(=O)NC2CCc3cc(-c4ncnc5[nH]c(-c6ccc(N7CCN(CC8CCN(c9ccc(N%10CCC(=O)NC%10=O)cc9)CC8)CC7)cc6)cc45)ccc32)no1. The maximum Gasteiger partial charge on any atom is 0.328 e. The van der Waals surface area contributed by atoms with E-state index in [1.165, 1.54) is 29.8 Å². The molecule has 3 aromatic carbocycles. The van der Waals surface area contributed by atoms with Gasteiger partial charge in [-0.25, -0.2) is 14.8 Å². The molecule has 1 unspecified atom stereocenters. The highest BCUT2D eigenvalue weighted by Gasteiger charge is 2.30. The zero-order valence-corrected chi connectivity index (χ0v) is 36.1. The van der Waals surface area contributed by atoms with E-state index < -0.39 is 0 Å². The molecule has 6 heterocycles. The highest BCUT2D eigenvalue weighted by molar-refractivity contribution is 6.05. The number of H-pyrrole nitrogens is 1. The summed E-state index contributed by atoms with van der Waals surface area (Å²) >= 11 is 0. The number of hydrogen-bond donors (Lipinski definition) is 3. The van der Waals surface area contributed by atoms with Gasteiger partial charge < -0.3 is 24.6 Å². The minimum Gasteiger partial charge on any atom is -0.372 e. The highest BCUT2D eigenvalue weighted by Crippen LogP contribution is 2.37. The van der Waals surface area contributed by atoms with Crippen molar-refractivity contribution >= 4 is 45.9 Å². The fourth-order valence-corrected chi connectivity index (χ4v) is 9.52. The Morgan fingerprint density at radius 2 is 1.49 bits per heavy atom. The maximum atomic E-state index is 13.0. The molecule has 4 amide bonds. The van der Waals surface area contributed by atoms with Crippen LogP contribution in [0.4, 0.5) is 21.9 Å². The normalized spacial score (nSPS) is 18.8. The van der Waals surface area contributed by atoms with Gasteiger partial charge in [0.25, 0.3) is 11.7 Å². The molecule has 15 heteroatoms. The van der Waals surface area contributed by atoms with Gasteiger partial charge in [-0.1, -0.05) is 50.2 Å². The number of fused-ring (bicyclic) bond motifs is 2. The van der Waals surface area contributed by atoms with Gasteiger partial charge in [0.05, 0.1) is 11.7 Å². The summed E-state index contributed by atoms with van der Waals surface area (Å²) in [6.45, 7) is 13.6. The first-order chi connectivity index (χ1) is 30.5. The number of urea groups is 1. The maximum absolute atomic E-state index is 13.0. The molecule has 10 rings (SSSR count). The van der Waals surface area contributed by atoms with Crippen molar-refractivity contribution < 1.29 is 18.9 Å². The fourth-order valence-electron chi connectivity index (χ4n) is 9.52. The molecule has 4 aliphatic rings.